The number of hydrogen-bond donors (Lipinski definition) is 0. The predicted octanol–water partition coefficient (Wildman–Crippen LogP) is 5.25. The second kappa shape index (κ2) is 7.41. The van der Waals surface area contributed by atoms with Crippen molar-refractivity contribution < 1.29 is 14.2 Å². The second-order valence-electron chi connectivity index (χ2n) is 7.63. The highest BCUT2D eigenvalue weighted by Gasteiger charge is 2.42. The van der Waals surface area contributed by atoms with Crippen LogP contribution >= 0.6 is 0 Å². The van der Waals surface area contributed by atoms with Gasteiger partial charge in [0.2, 0.25) is 6.23 Å². The first-order chi connectivity index (χ1) is 14.7. The number of benzene rings is 3. The summed E-state index contributed by atoms with van der Waals surface area (Å²) in [5, 5.41) is 7.10. The molecule has 152 valence electrons. The van der Waals surface area contributed by atoms with Crippen LogP contribution in [0, 0.1) is 6.92 Å². The minimum Gasteiger partial charge on any atom is -0.497 e. The van der Waals surface area contributed by atoms with Gasteiger partial charge in [-0.1, -0.05) is 42.0 Å². The smallest absolute Gasteiger partial charge is 0.214 e. The van der Waals surface area contributed by atoms with Gasteiger partial charge in [-0.2, -0.15) is 5.10 Å². The molecule has 0 saturated heterocycles. The maximum Gasteiger partial charge on any atom is 0.214 e. The average molecular weight is 400 g/mol. The van der Waals surface area contributed by atoms with Crippen molar-refractivity contribution in [2.24, 2.45) is 5.10 Å². The van der Waals surface area contributed by atoms with Gasteiger partial charge in [-0.15, -0.1) is 0 Å². The van der Waals surface area contributed by atoms with Gasteiger partial charge >= 0.3 is 0 Å². The van der Waals surface area contributed by atoms with Gasteiger partial charge in [0.15, 0.2) is 11.5 Å². The summed E-state index contributed by atoms with van der Waals surface area (Å²) in [5.74, 6) is 2.39. The van der Waals surface area contributed by atoms with E-state index in [4.69, 9.17) is 19.3 Å². The SMILES string of the molecule is COc1ccc(C2=NN3[C@@H](c4ccc(C)cc4)Oc4c(OC)cccc4[C@@H]3C2)cc1. The molecule has 0 bridgehead atoms. The number of nitrogens with zero attached hydrogens (tertiary/aromatic N) is 2. The number of aryl methyl sites for hydroxylation is 1. The highest BCUT2D eigenvalue weighted by atomic mass is 16.5. The minimum atomic E-state index is -0.310. The molecule has 2 atom stereocenters. The molecular formula is C25H24N2O3. The van der Waals surface area contributed by atoms with Crippen molar-refractivity contribution in [3.63, 3.8) is 0 Å². The van der Waals surface area contributed by atoms with Crippen LogP contribution in [0.3, 0.4) is 0 Å². The molecule has 0 aromatic heterocycles. The topological polar surface area (TPSA) is 43.3 Å². The van der Waals surface area contributed by atoms with Crippen molar-refractivity contribution in [3.8, 4) is 17.2 Å². The van der Waals surface area contributed by atoms with Gasteiger partial charge in [0.1, 0.15) is 5.75 Å². The Balaban J connectivity index is 1.59. The third-order valence-electron chi connectivity index (χ3n) is 5.79. The molecular weight excluding hydrogens is 376 g/mol. The molecule has 2 aliphatic rings. The van der Waals surface area contributed by atoms with E-state index in [-0.39, 0.29) is 12.3 Å². The Bertz CT molecular complexity index is 1090. The molecule has 5 rings (SSSR count). The summed E-state index contributed by atoms with van der Waals surface area (Å²) >= 11 is 0. The minimum absolute atomic E-state index is 0.0901. The Kier molecular flexibility index (Phi) is 4.58. The lowest BCUT2D eigenvalue weighted by molar-refractivity contribution is -0.0209. The lowest BCUT2D eigenvalue weighted by Crippen LogP contribution is -2.33. The summed E-state index contributed by atoms with van der Waals surface area (Å²) in [5.41, 5.74) is 5.52. The number of hydrogen-bond acceptors (Lipinski definition) is 5. The third-order valence-corrected chi connectivity index (χ3v) is 5.79. The van der Waals surface area contributed by atoms with Crippen molar-refractivity contribution in [1.82, 2.24) is 5.01 Å². The molecule has 0 saturated carbocycles. The summed E-state index contributed by atoms with van der Waals surface area (Å²) in [6.45, 7) is 2.09. The molecule has 5 nitrogen and oxygen atoms in total. The Morgan fingerprint density at radius 2 is 1.70 bits per heavy atom. The number of para-hydroxylation sites is 1. The first-order valence-electron chi connectivity index (χ1n) is 10.1. The van der Waals surface area contributed by atoms with Crippen LogP contribution in [-0.2, 0) is 0 Å². The molecule has 0 unspecified atom stereocenters. The van der Waals surface area contributed by atoms with Gasteiger partial charge in [-0.3, -0.25) is 0 Å². The van der Waals surface area contributed by atoms with Crippen LogP contribution in [0.15, 0.2) is 71.8 Å². The fourth-order valence-electron chi connectivity index (χ4n) is 4.15. The van der Waals surface area contributed by atoms with Crippen molar-refractivity contribution in [2.75, 3.05) is 14.2 Å². The molecule has 0 aliphatic carbocycles. The van der Waals surface area contributed by atoms with Crippen LogP contribution in [-0.4, -0.2) is 24.9 Å². The molecule has 0 fully saturated rings. The van der Waals surface area contributed by atoms with Crippen molar-refractivity contribution >= 4 is 5.71 Å². The summed E-state index contributed by atoms with van der Waals surface area (Å²) in [4.78, 5) is 0. The van der Waals surface area contributed by atoms with Crippen LogP contribution in [0.25, 0.3) is 0 Å². The zero-order valence-electron chi connectivity index (χ0n) is 17.3. The molecule has 3 aromatic carbocycles. The second-order valence-corrected chi connectivity index (χ2v) is 7.63. The highest BCUT2D eigenvalue weighted by Crippen LogP contribution is 2.50. The van der Waals surface area contributed by atoms with E-state index in [1.807, 2.05) is 24.3 Å². The van der Waals surface area contributed by atoms with Gasteiger partial charge in [-0.25, -0.2) is 5.01 Å². The van der Waals surface area contributed by atoms with Gasteiger partial charge in [0.25, 0.3) is 0 Å². The van der Waals surface area contributed by atoms with E-state index in [0.717, 1.165) is 46.1 Å². The first-order valence-corrected chi connectivity index (χ1v) is 10.1. The quantitative estimate of drug-likeness (QED) is 0.600. The third kappa shape index (κ3) is 3.07. The number of rotatable bonds is 4. The van der Waals surface area contributed by atoms with Crippen LogP contribution in [0.5, 0.6) is 17.2 Å². The predicted molar refractivity (Wildman–Crippen MR) is 116 cm³/mol. The number of methoxy groups -OCH3 is 2. The van der Waals surface area contributed by atoms with Crippen LogP contribution in [0.2, 0.25) is 0 Å². The summed E-state index contributed by atoms with van der Waals surface area (Å²) in [7, 11) is 3.36. The molecule has 0 radical (unpaired) electrons. The number of ether oxygens (including phenoxy) is 3. The van der Waals surface area contributed by atoms with E-state index in [2.05, 4.69) is 54.4 Å². The van der Waals surface area contributed by atoms with E-state index in [9.17, 15) is 0 Å². The van der Waals surface area contributed by atoms with Gasteiger partial charge in [-0.05, 0) is 42.8 Å². The van der Waals surface area contributed by atoms with Crippen molar-refractivity contribution in [3.05, 3.63) is 89.0 Å². The first kappa shape index (κ1) is 18.6. The van der Waals surface area contributed by atoms with Crippen LogP contribution < -0.4 is 14.2 Å². The highest BCUT2D eigenvalue weighted by molar-refractivity contribution is 6.02. The normalized spacial score (nSPS) is 19.4. The molecule has 2 aliphatic heterocycles. The van der Waals surface area contributed by atoms with E-state index in [1.165, 1.54) is 5.56 Å². The summed E-state index contributed by atoms with van der Waals surface area (Å²) in [6.07, 6.45) is 0.494. The maximum absolute atomic E-state index is 6.49. The lowest BCUT2D eigenvalue weighted by Gasteiger charge is -2.38. The average Bonchev–Trinajstić information content (AvgIpc) is 3.24. The molecule has 0 N–H and O–H groups in total. The Morgan fingerprint density at radius 1 is 0.933 bits per heavy atom. The molecule has 30 heavy (non-hydrogen) atoms. The van der Waals surface area contributed by atoms with E-state index >= 15 is 0 Å². The number of hydrazone groups is 1. The fraction of sp³-hybridized carbons (Fsp3) is 0.240. The molecule has 3 aromatic rings. The molecule has 5 heteroatoms. The van der Waals surface area contributed by atoms with Crippen LogP contribution in [0.4, 0.5) is 0 Å². The van der Waals surface area contributed by atoms with E-state index < -0.39 is 0 Å². The monoisotopic (exact) mass is 400 g/mol. The van der Waals surface area contributed by atoms with Gasteiger partial charge in [0.05, 0.1) is 26.0 Å². The molecule has 0 spiro atoms. The largest absolute Gasteiger partial charge is 0.497 e. The Hall–Kier alpha value is -3.47. The van der Waals surface area contributed by atoms with Gasteiger partial charge < -0.3 is 14.2 Å². The Labute approximate surface area is 176 Å². The zero-order valence-corrected chi connectivity index (χ0v) is 17.3. The summed E-state index contributed by atoms with van der Waals surface area (Å²) < 4.78 is 17.4. The maximum atomic E-state index is 6.49. The fourth-order valence-corrected chi connectivity index (χ4v) is 4.15. The standard InChI is InChI=1S/C25H24N2O3/c1-16-7-9-18(10-8-16)25-27-22(20-5-4-6-23(29-3)24(20)30-25)15-21(26-27)17-11-13-19(28-2)14-12-17/h4-14,22,25H,15H2,1-3H3/t22-,25+/m0/s1. The lowest BCUT2D eigenvalue weighted by atomic mass is 9.95. The zero-order chi connectivity index (χ0) is 20.7. The van der Waals surface area contributed by atoms with Crippen molar-refractivity contribution in [2.45, 2.75) is 25.6 Å². The van der Waals surface area contributed by atoms with Gasteiger partial charge in [0, 0.05) is 17.5 Å². The van der Waals surface area contributed by atoms with E-state index in [1.54, 1.807) is 14.2 Å². The molecule has 0 amide bonds. The molecule has 2 heterocycles. The van der Waals surface area contributed by atoms with Crippen molar-refractivity contribution in [1.29, 1.82) is 0 Å². The number of fused-ring (bicyclic) bond motifs is 3. The van der Waals surface area contributed by atoms with E-state index in [0.29, 0.717) is 0 Å². The van der Waals surface area contributed by atoms with Crippen LogP contribution in [0.1, 0.15) is 40.9 Å². The summed E-state index contributed by atoms with van der Waals surface area (Å²) in [6, 6.07) is 22.6. The Morgan fingerprint density at radius 3 is 2.40 bits per heavy atom.